The van der Waals surface area contributed by atoms with Crippen molar-refractivity contribution in [1.82, 2.24) is 14.5 Å². The average Bonchev–Trinajstić information content (AvgIpc) is 2.87. The number of aromatic nitrogens is 2. The Bertz CT molecular complexity index is 789. The summed E-state index contributed by atoms with van der Waals surface area (Å²) < 4.78 is 28.3. The minimum Gasteiger partial charge on any atom is -0.381 e. The van der Waals surface area contributed by atoms with Gasteiger partial charge in [-0.05, 0) is 24.6 Å². The summed E-state index contributed by atoms with van der Waals surface area (Å²) in [6.07, 6.45) is 1.39. The second-order valence-electron chi connectivity index (χ2n) is 4.37. The van der Waals surface area contributed by atoms with E-state index in [1.54, 1.807) is 24.3 Å². The predicted molar refractivity (Wildman–Crippen MR) is 77.5 cm³/mol. The fourth-order valence-electron chi connectivity index (χ4n) is 1.79. The number of nitrogens with two attached hydrogens (primary N) is 1. The highest BCUT2D eigenvalue weighted by molar-refractivity contribution is 7.89. The van der Waals surface area contributed by atoms with Crippen LogP contribution in [0.4, 0.5) is 5.82 Å². The van der Waals surface area contributed by atoms with E-state index in [0.717, 1.165) is 0 Å². The molecule has 0 aliphatic heterocycles. The Hall–Kier alpha value is -2.37. The first kappa shape index (κ1) is 15.0. The number of nitrogens with one attached hydrogen (secondary N) is 1. The molecule has 8 heteroatoms. The molecule has 0 radical (unpaired) electrons. The van der Waals surface area contributed by atoms with Crippen LogP contribution < -0.4 is 10.5 Å². The van der Waals surface area contributed by atoms with Crippen LogP contribution in [0, 0.1) is 11.3 Å². The molecule has 0 saturated carbocycles. The number of sulfonamides is 1. The highest BCUT2D eigenvalue weighted by Gasteiger charge is 2.20. The highest BCUT2D eigenvalue weighted by Crippen LogP contribution is 2.16. The van der Waals surface area contributed by atoms with Gasteiger partial charge in [-0.3, -0.25) is 4.68 Å². The van der Waals surface area contributed by atoms with E-state index in [9.17, 15) is 8.42 Å². The van der Waals surface area contributed by atoms with Crippen LogP contribution in [0.15, 0.2) is 35.4 Å². The minimum absolute atomic E-state index is 0.0323. The molecule has 2 rings (SSSR count). The van der Waals surface area contributed by atoms with Crippen LogP contribution in [0.3, 0.4) is 0 Å². The summed E-state index contributed by atoms with van der Waals surface area (Å²) in [7, 11) is -3.74. The van der Waals surface area contributed by atoms with Crippen LogP contribution in [0.25, 0.3) is 0 Å². The lowest BCUT2D eigenvalue weighted by molar-refractivity contribution is 0.581. The summed E-state index contributed by atoms with van der Waals surface area (Å²) in [6, 6.07) is 8.72. The van der Waals surface area contributed by atoms with E-state index in [0.29, 0.717) is 17.7 Å². The third-order valence-electron chi connectivity index (χ3n) is 2.89. The van der Waals surface area contributed by atoms with E-state index in [1.165, 1.54) is 10.9 Å². The van der Waals surface area contributed by atoms with Crippen molar-refractivity contribution in [3.8, 4) is 6.07 Å². The van der Waals surface area contributed by atoms with Gasteiger partial charge in [0.25, 0.3) is 0 Å². The highest BCUT2D eigenvalue weighted by atomic mass is 32.2. The van der Waals surface area contributed by atoms with Crippen LogP contribution in [-0.4, -0.2) is 18.2 Å². The van der Waals surface area contributed by atoms with E-state index in [4.69, 9.17) is 11.0 Å². The SMILES string of the molecule is CCn1cc(S(=O)(=O)NCc2cccc(C#N)c2)c(N)n1. The number of nitrogens with zero attached hydrogens (tertiary/aromatic N) is 3. The van der Waals surface area contributed by atoms with Gasteiger partial charge in [0.2, 0.25) is 10.0 Å². The van der Waals surface area contributed by atoms with Gasteiger partial charge in [-0.15, -0.1) is 0 Å². The van der Waals surface area contributed by atoms with Crippen molar-refractivity contribution in [2.75, 3.05) is 5.73 Å². The van der Waals surface area contributed by atoms with Gasteiger partial charge in [0.15, 0.2) is 5.82 Å². The van der Waals surface area contributed by atoms with E-state index in [1.807, 2.05) is 13.0 Å². The van der Waals surface area contributed by atoms with Gasteiger partial charge in [0.05, 0.1) is 11.6 Å². The second kappa shape index (κ2) is 5.95. The monoisotopic (exact) mass is 305 g/mol. The zero-order chi connectivity index (χ0) is 15.5. The Kier molecular flexibility index (Phi) is 4.26. The van der Waals surface area contributed by atoms with Crippen molar-refractivity contribution in [1.29, 1.82) is 5.26 Å². The molecule has 3 N–H and O–H groups in total. The summed E-state index contributed by atoms with van der Waals surface area (Å²) >= 11 is 0. The van der Waals surface area contributed by atoms with Crippen molar-refractivity contribution in [2.45, 2.75) is 24.9 Å². The first-order valence-corrected chi connectivity index (χ1v) is 7.76. The number of hydrogen-bond donors (Lipinski definition) is 2. The van der Waals surface area contributed by atoms with Crippen LogP contribution >= 0.6 is 0 Å². The molecule has 1 heterocycles. The maximum absolute atomic E-state index is 12.2. The Labute approximate surface area is 123 Å². The van der Waals surface area contributed by atoms with Gasteiger partial charge >= 0.3 is 0 Å². The lowest BCUT2D eigenvalue weighted by Gasteiger charge is -2.05. The standard InChI is InChI=1S/C13H15N5O2S/c1-2-18-9-12(13(15)17-18)21(19,20)16-8-11-5-3-4-10(6-11)7-14/h3-6,9,16H,2,8H2,1H3,(H2,15,17). The quantitative estimate of drug-likeness (QED) is 0.849. The van der Waals surface area contributed by atoms with Crippen LogP contribution in [0.2, 0.25) is 0 Å². The number of anilines is 1. The number of nitrogen functional groups attached to an aromatic ring is 1. The molecule has 7 nitrogen and oxygen atoms in total. The molecular formula is C13H15N5O2S. The summed E-state index contributed by atoms with van der Waals surface area (Å²) in [5.74, 6) is -0.0323. The molecular weight excluding hydrogens is 290 g/mol. The van der Waals surface area contributed by atoms with E-state index in [2.05, 4.69) is 9.82 Å². The van der Waals surface area contributed by atoms with Crippen LogP contribution in [0.1, 0.15) is 18.1 Å². The number of nitriles is 1. The van der Waals surface area contributed by atoms with Crippen molar-refractivity contribution in [3.05, 3.63) is 41.6 Å². The third-order valence-corrected chi connectivity index (χ3v) is 4.31. The lowest BCUT2D eigenvalue weighted by atomic mass is 10.1. The summed E-state index contributed by atoms with van der Waals surface area (Å²) in [5, 5.41) is 12.7. The second-order valence-corrected chi connectivity index (χ2v) is 6.11. The summed E-state index contributed by atoms with van der Waals surface area (Å²) in [4.78, 5) is -0.0409. The molecule has 0 fully saturated rings. The topological polar surface area (TPSA) is 114 Å². The van der Waals surface area contributed by atoms with Crippen molar-refractivity contribution >= 4 is 15.8 Å². The molecule has 0 aliphatic carbocycles. The predicted octanol–water partition coefficient (Wildman–Crippen LogP) is 0.835. The van der Waals surface area contributed by atoms with Gasteiger partial charge in [-0.25, -0.2) is 13.1 Å². The fourth-order valence-corrected chi connectivity index (χ4v) is 2.88. The molecule has 1 aromatic heterocycles. The first-order valence-electron chi connectivity index (χ1n) is 6.28. The maximum Gasteiger partial charge on any atom is 0.246 e. The number of hydrogen-bond acceptors (Lipinski definition) is 5. The Morgan fingerprint density at radius 2 is 2.24 bits per heavy atom. The summed E-state index contributed by atoms with van der Waals surface area (Å²) in [5.41, 5.74) is 6.79. The zero-order valence-electron chi connectivity index (χ0n) is 11.4. The zero-order valence-corrected chi connectivity index (χ0v) is 12.3. The molecule has 110 valence electrons. The normalized spacial score (nSPS) is 11.2. The van der Waals surface area contributed by atoms with Crippen molar-refractivity contribution < 1.29 is 8.42 Å². The van der Waals surface area contributed by atoms with Crippen molar-refractivity contribution in [2.24, 2.45) is 0 Å². The number of benzene rings is 1. The number of rotatable bonds is 5. The molecule has 0 aliphatic rings. The van der Waals surface area contributed by atoms with Gasteiger partial charge in [-0.2, -0.15) is 10.4 Å². The minimum atomic E-state index is -3.74. The van der Waals surface area contributed by atoms with Crippen LogP contribution in [-0.2, 0) is 23.1 Å². The Morgan fingerprint density at radius 3 is 2.86 bits per heavy atom. The van der Waals surface area contributed by atoms with Gasteiger partial charge in [-0.1, -0.05) is 12.1 Å². The summed E-state index contributed by atoms with van der Waals surface area (Å²) in [6.45, 7) is 2.45. The van der Waals surface area contributed by atoms with Gasteiger partial charge < -0.3 is 5.73 Å². The van der Waals surface area contributed by atoms with Crippen LogP contribution in [0.5, 0.6) is 0 Å². The van der Waals surface area contributed by atoms with E-state index in [-0.39, 0.29) is 17.3 Å². The number of aryl methyl sites for hydroxylation is 1. The molecule has 0 amide bonds. The molecule has 1 aromatic carbocycles. The van der Waals surface area contributed by atoms with E-state index >= 15 is 0 Å². The maximum atomic E-state index is 12.2. The molecule has 0 unspecified atom stereocenters. The van der Waals surface area contributed by atoms with Gasteiger partial charge in [0, 0.05) is 19.3 Å². The largest absolute Gasteiger partial charge is 0.381 e. The molecule has 0 spiro atoms. The van der Waals surface area contributed by atoms with E-state index < -0.39 is 10.0 Å². The Balaban J connectivity index is 2.17. The Morgan fingerprint density at radius 1 is 1.48 bits per heavy atom. The fraction of sp³-hybridized carbons (Fsp3) is 0.231. The average molecular weight is 305 g/mol. The molecule has 0 atom stereocenters. The first-order chi connectivity index (χ1) is 9.96. The molecule has 2 aromatic rings. The molecule has 0 bridgehead atoms. The molecule has 21 heavy (non-hydrogen) atoms. The third kappa shape index (κ3) is 3.39. The smallest absolute Gasteiger partial charge is 0.246 e. The lowest BCUT2D eigenvalue weighted by Crippen LogP contribution is -2.23. The molecule has 0 saturated heterocycles. The van der Waals surface area contributed by atoms with Gasteiger partial charge in [0.1, 0.15) is 4.90 Å². The van der Waals surface area contributed by atoms with Crippen molar-refractivity contribution in [3.63, 3.8) is 0 Å².